The maximum Gasteiger partial charge on any atom is 0.240 e. The summed E-state index contributed by atoms with van der Waals surface area (Å²) < 4.78 is 28.4. The first kappa shape index (κ1) is 15.5. The van der Waals surface area contributed by atoms with Crippen LogP contribution in [0.5, 0.6) is 0 Å². The lowest BCUT2D eigenvalue weighted by atomic mass is 10.3. The molecule has 0 atom stereocenters. The highest BCUT2D eigenvalue weighted by atomic mass is 32.2. The highest BCUT2D eigenvalue weighted by Gasteiger charge is 2.12. The zero-order valence-corrected chi connectivity index (χ0v) is 12.7. The standard InChI is InChI=1S/C13H19N5O2S/c1-2-14-12-4-6-13(7-5-12)21(19,20)16-8-3-10-18-11-9-15-17-18/h4-7,9,11,14,16H,2-3,8,10H2,1H3. The van der Waals surface area contributed by atoms with Gasteiger partial charge in [-0.2, -0.15) is 0 Å². The fourth-order valence-electron chi connectivity index (χ4n) is 1.84. The summed E-state index contributed by atoms with van der Waals surface area (Å²) in [6.07, 6.45) is 3.99. The predicted molar refractivity (Wildman–Crippen MR) is 80.4 cm³/mol. The van der Waals surface area contributed by atoms with Gasteiger partial charge in [0.25, 0.3) is 0 Å². The van der Waals surface area contributed by atoms with E-state index in [-0.39, 0.29) is 4.90 Å². The van der Waals surface area contributed by atoms with Gasteiger partial charge in [0.1, 0.15) is 0 Å². The Morgan fingerprint density at radius 3 is 2.62 bits per heavy atom. The smallest absolute Gasteiger partial charge is 0.240 e. The summed E-state index contributed by atoms with van der Waals surface area (Å²) in [4.78, 5) is 0.268. The molecule has 0 aliphatic heterocycles. The van der Waals surface area contributed by atoms with Crippen molar-refractivity contribution in [2.75, 3.05) is 18.4 Å². The summed E-state index contributed by atoms with van der Waals surface area (Å²) in [5.41, 5.74) is 0.905. The molecule has 2 rings (SSSR count). The molecule has 0 spiro atoms. The Bertz CT molecular complexity index is 638. The number of hydrogen-bond donors (Lipinski definition) is 2. The Morgan fingerprint density at radius 1 is 1.24 bits per heavy atom. The van der Waals surface area contributed by atoms with Gasteiger partial charge in [-0.3, -0.25) is 4.68 Å². The molecule has 2 aromatic rings. The first-order valence-electron chi connectivity index (χ1n) is 6.79. The van der Waals surface area contributed by atoms with Crippen LogP contribution in [0.2, 0.25) is 0 Å². The number of anilines is 1. The summed E-state index contributed by atoms with van der Waals surface area (Å²) in [7, 11) is -3.46. The number of nitrogens with one attached hydrogen (secondary N) is 2. The van der Waals surface area contributed by atoms with Gasteiger partial charge in [-0.05, 0) is 37.6 Å². The summed E-state index contributed by atoms with van der Waals surface area (Å²) >= 11 is 0. The molecule has 0 radical (unpaired) electrons. The van der Waals surface area contributed by atoms with Crippen LogP contribution in [0, 0.1) is 0 Å². The normalized spacial score (nSPS) is 11.5. The van der Waals surface area contributed by atoms with Crippen LogP contribution in [0.1, 0.15) is 13.3 Å². The lowest BCUT2D eigenvalue weighted by molar-refractivity contribution is 0.542. The lowest BCUT2D eigenvalue weighted by Gasteiger charge is -2.08. The molecule has 0 aliphatic rings. The number of aryl methyl sites for hydroxylation is 1. The lowest BCUT2D eigenvalue weighted by Crippen LogP contribution is -2.25. The Morgan fingerprint density at radius 2 is 2.00 bits per heavy atom. The molecule has 1 heterocycles. The monoisotopic (exact) mass is 309 g/mol. The number of benzene rings is 1. The highest BCUT2D eigenvalue weighted by molar-refractivity contribution is 7.89. The van der Waals surface area contributed by atoms with E-state index in [1.807, 2.05) is 6.92 Å². The molecule has 1 aromatic heterocycles. The molecule has 7 nitrogen and oxygen atoms in total. The first-order valence-corrected chi connectivity index (χ1v) is 8.28. The van der Waals surface area contributed by atoms with Gasteiger partial charge in [-0.1, -0.05) is 5.21 Å². The molecule has 8 heteroatoms. The minimum absolute atomic E-state index is 0.268. The van der Waals surface area contributed by atoms with Crippen LogP contribution in [0.3, 0.4) is 0 Å². The maximum absolute atomic E-state index is 12.1. The second kappa shape index (κ2) is 7.19. The first-order chi connectivity index (χ1) is 10.1. The van der Waals surface area contributed by atoms with Gasteiger partial charge in [0.05, 0.1) is 11.1 Å². The second-order valence-corrected chi connectivity index (χ2v) is 6.24. The van der Waals surface area contributed by atoms with E-state index in [1.54, 1.807) is 41.3 Å². The molecular weight excluding hydrogens is 290 g/mol. The summed E-state index contributed by atoms with van der Waals surface area (Å²) in [5.74, 6) is 0. The van der Waals surface area contributed by atoms with Crippen molar-refractivity contribution in [2.24, 2.45) is 0 Å². The maximum atomic E-state index is 12.1. The zero-order chi connectivity index (χ0) is 15.1. The van der Waals surface area contributed by atoms with Crippen LogP contribution in [0.4, 0.5) is 5.69 Å². The van der Waals surface area contributed by atoms with E-state index in [0.717, 1.165) is 12.2 Å². The fraction of sp³-hybridized carbons (Fsp3) is 0.385. The van der Waals surface area contributed by atoms with Crippen molar-refractivity contribution in [1.29, 1.82) is 0 Å². The Balaban J connectivity index is 1.85. The van der Waals surface area contributed by atoms with Crippen LogP contribution in [-0.2, 0) is 16.6 Å². The van der Waals surface area contributed by atoms with E-state index < -0.39 is 10.0 Å². The third kappa shape index (κ3) is 4.54. The van der Waals surface area contributed by atoms with Crippen molar-refractivity contribution in [3.05, 3.63) is 36.7 Å². The number of sulfonamides is 1. The molecular formula is C13H19N5O2S. The van der Waals surface area contributed by atoms with Gasteiger partial charge >= 0.3 is 0 Å². The fourth-order valence-corrected chi connectivity index (χ4v) is 2.91. The molecule has 2 N–H and O–H groups in total. The van der Waals surface area contributed by atoms with Crippen molar-refractivity contribution < 1.29 is 8.42 Å². The van der Waals surface area contributed by atoms with Gasteiger partial charge in [0.15, 0.2) is 0 Å². The average Bonchev–Trinajstić information content (AvgIpc) is 2.98. The largest absolute Gasteiger partial charge is 0.385 e. The minimum atomic E-state index is -3.46. The van der Waals surface area contributed by atoms with Gasteiger partial charge < -0.3 is 5.32 Å². The SMILES string of the molecule is CCNc1ccc(S(=O)(=O)NCCCn2ccnn2)cc1. The summed E-state index contributed by atoms with van der Waals surface area (Å²) in [6.45, 7) is 3.77. The van der Waals surface area contributed by atoms with E-state index in [4.69, 9.17) is 0 Å². The van der Waals surface area contributed by atoms with E-state index in [0.29, 0.717) is 19.5 Å². The molecule has 0 saturated heterocycles. The quantitative estimate of drug-likeness (QED) is 0.712. The van der Waals surface area contributed by atoms with Gasteiger partial charge in [0.2, 0.25) is 10.0 Å². The third-order valence-electron chi connectivity index (χ3n) is 2.87. The van der Waals surface area contributed by atoms with Gasteiger partial charge in [0, 0.05) is 31.5 Å². The molecule has 114 valence electrons. The zero-order valence-electron chi connectivity index (χ0n) is 11.9. The van der Waals surface area contributed by atoms with Crippen molar-refractivity contribution in [3.63, 3.8) is 0 Å². The van der Waals surface area contributed by atoms with E-state index in [1.165, 1.54) is 0 Å². The Kier molecular flexibility index (Phi) is 5.29. The van der Waals surface area contributed by atoms with Crippen LogP contribution in [0.25, 0.3) is 0 Å². The molecule has 0 aliphatic carbocycles. The van der Waals surface area contributed by atoms with Crippen molar-refractivity contribution in [1.82, 2.24) is 19.7 Å². The van der Waals surface area contributed by atoms with Crippen molar-refractivity contribution in [2.45, 2.75) is 24.8 Å². The minimum Gasteiger partial charge on any atom is -0.385 e. The van der Waals surface area contributed by atoms with Crippen LogP contribution < -0.4 is 10.0 Å². The molecule has 0 bridgehead atoms. The molecule has 1 aromatic carbocycles. The number of rotatable bonds is 8. The summed E-state index contributed by atoms with van der Waals surface area (Å²) in [5, 5.41) is 10.6. The molecule has 0 unspecified atom stereocenters. The number of nitrogens with zero attached hydrogens (tertiary/aromatic N) is 3. The van der Waals surface area contributed by atoms with Crippen molar-refractivity contribution in [3.8, 4) is 0 Å². The average molecular weight is 309 g/mol. The third-order valence-corrected chi connectivity index (χ3v) is 4.35. The molecule has 21 heavy (non-hydrogen) atoms. The van der Waals surface area contributed by atoms with Crippen LogP contribution >= 0.6 is 0 Å². The molecule has 0 saturated carbocycles. The Hall–Kier alpha value is -1.93. The van der Waals surface area contributed by atoms with Crippen LogP contribution in [0.15, 0.2) is 41.6 Å². The van der Waals surface area contributed by atoms with E-state index in [9.17, 15) is 8.42 Å². The summed E-state index contributed by atoms with van der Waals surface area (Å²) in [6, 6.07) is 6.70. The highest BCUT2D eigenvalue weighted by Crippen LogP contribution is 2.13. The predicted octanol–water partition coefficient (Wildman–Crippen LogP) is 1.08. The van der Waals surface area contributed by atoms with Crippen LogP contribution in [-0.4, -0.2) is 36.5 Å². The second-order valence-electron chi connectivity index (χ2n) is 4.47. The number of hydrogen-bond acceptors (Lipinski definition) is 5. The van der Waals surface area contributed by atoms with E-state index in [2.05, 4.69) is 20.4 Å². The van der Waals surface area contributed by atoms with Gasteiger partial charge in [-0.15, -0.1) is 5.10 Å². The Labute approximate surface area is 124 Å². The van der Waals surface area contributed by atoms with Crippen molar-refractivity contribution >= 4 is 15.7 Å². The van der Waals surface area contributed by atoms with E-state index >= 15 is 0 Å². The topological polar surface area (TPSA) is 88.9 Å². The molecule has 0 amide bonds. The number of aromatic nitrogens is 3. The van der Waals surface area contributed by atoms with Gasteiger partial charge in [-0.25, -0.2) is 13.1 Å². The molecule has 0 fully saturated rings.